The Morgan fingerprint density at radius 1 is 1.30 bits per heavy atom. The van der Waals surface area contributed by atoms with E-state index < -0.39 is 5.60 Å². The summed E-state index contributed by atoms with van der Waals surface area (Å²) in [6.07, 6.45) is 4.50. The van der Waals surface area contributed by atoms with Gasteiger partial charge >= 0.3 is 0 Å². The Balaban J connectivity index is 1.79. The maximum Gasteiger partial charge on any atom is 0.220 e. The second-order valence-electron chi connectivity index (χ2n) is 5.42. The predicted molar refractivity (Wildman–Crippen MR) is 81.2 cm³/mol. The molecule has 1 amide bonds. The number of nitrogens with one attached hydrogen (secondary N) is 1. The van der Waals surface area contributed by atoms with Gasteiger partial charge in [0.15, 0.2) is 0 Å². The molecular formula is C15H19Cl2NO2. The first-order valence-electron chi connectivity index (χ1n) is 6.92. The van der Waals surface area contributed by atoms with Gasteiger partial charge in [-0.2, -0.15) is 0 Å². The van der Waals surface area contributed by atoms with Crippen LogP contribution in [0.25, 0.3) is 0 Å². The van der Waals surface area contributed by atoms with Gasteiger partial charge in [0, 0.05) is 13.0 Å². The molecule has 110 valence electrons. The number of carbonyl (C=O) groups excluding carboxylic acids is 1. The van der Waals surface area contributed by atoms with Gasteiger partial charge < -0.3 is 10.4 Å². The van der Waals surface area contributed by atoms with Crippen molar-refractivity contribution in [1.29, 1.82) is 0 Å². The van der Waals surface area contributed by atoms with Crippen LogP contribution in [0.15, 0.2) is 18.2 Å². The zero-order valence-corrected chi connectivity index (χ0v) is 12.8. The van der Waals surface area contributed by atoms with E-state index in [-0.39, 0.29) is 5.91 Å². The highest BCUT2D eigenvalue weighted by molar-refractivity contribution is 6.42. The third-order valence-corrected chi connectivity index (χ3v) is 4.66. The van der Waals surface area contributed by atoms with Gasteiger partial charge in [-0.3, -0.25) is 4.79 Å². The molecule has 5 heteroatoms. The molecule has 20 heavy (non-hydrogen) atoms. The number of benzene rings is 1. The fraction of sp³-hybridized carbons (Fsp3) is 0.533. The molecule has 1 aromatic rings. The number of halogens is 2. The van der Waals surface area contributed by atoms with Crippen molar-refractivity contribution in [3.8, 4) is 0 Å². The van der Waals surface area contributed by atoms with Crippen LogP contribution in [0, 0.1) is 0 Å². The summed E-state index contributed by atoms with van der Waals surface area (Å²) >= 11 is 12.0. The Morgan fingerprint density at radius 2 is 2.00 bits per heavy atom. The van der Waals surface area contributed by atoms with Gasteiger partial charge in [0.25, 0.3) is 0 Å². The van der Waals surface area contributed by atoms with Crippen LogP contribution in [0.5, 0.6) is 0 Å². The van der Waals surface area contributed by atoms with E-state index in [4.69, 9.17) is 23.2 Å². The molecule has 1 aromatic carbocycles. The van der Waals surface area contributed by atoms with E-state index in [0.29, 0.717) is 29.4 Å². The summed E-state index contributed by atoms with van der Waals surface area (Å²) in [6.45, 7) is 0.342. The molecule has 1 fully saturated rings. The number of rotatable bonds is 5. The summed E-state index contributed by atoms with van der Waals surface area (Å²) in [5.41, 5.74) is 0.164. The van der Waals surface area contributed by atoms with Crippen LogP contribution in [0.1, 0.15) is 37.7 Å². The van der Waals surface area contributed by atoms with Gasteiger partial charge in [-0.25, -0.2) is 0 Å². The van der Waals surface area contributed by atoms with Crippen LogP contribution < -0.4 is 5.32 Å². The van der Waals surface area contributed by atoms with Crippen LogP contribution in [0.3, 0.4) is 0 Å². The number of carbonyl (C=O) groups is 1. The van der Waals surface area contributed by atoms with Crippen LogP contribution in [-0.2, 0) is 11.2 Å². The first-order chi connectivity index (χ1) is 9.50. The third-order valence-electron chi connectivity index (χ3n) is 3.80. The lowest BCUT2D eigenvalue weighted by atomic mass is 10.0. The highest BCUT2D eigenvalue weighted by Crippen LogP contribution is 2.29. The topological polar surface area (TPSA) is 49.3 Å². The van der Waals surface area contributed by atoms with Gasteiger partial charge in [0.2, 0.25) is 5.91 Å². The van der Waals surface area contributed by atoms with Gasteiger partial charge in [0.1, 0.15) is 0 Å². The molecule has 1 saturated carbocycles. The zero-order valence-electron chi connectivity index (χ0n) is 11.3. The van der Waals surface area contributed by atoms with Crippen LogP contribution in [-0.4, -0.2) is 23.2 Å². The lowest BCUT2D eigenvalue weighted by Crippen LogP contribution is -2.40. The van der Waals surface area contributed by atoms with Crippen LogP contribution >= 0.6 is 23.2 Å². The van der Waals surface area contributed by atoms with Gasteiger partial charge in [0.05, 0.1) is 15.6 Å². The minimum Gasteiger partial charge on any atom is -0.388 e. The van der Waals surface area contributed by atoms with Crippen molar-refractivity contribution >= 4 is 29.1 Å². The largest absolute Gasteiger partial charge is 0.388 e. The van der Waals surface area contributed by atoms with E-state index in [2.05, 4.69) is 5.32 Å². The quantitative estimate of drug-likeness (QED) is 0.875. The maximum atomic E-state index is 11.8. The van der Waals surface area contributed by atoms with Crippen molar-refractivity contribution in [1.82, 2.24) is 5.32 Å². The lowest BCUT2D eigenvalue weighted by molar-refractivity contribution is -0.122. The molecule has 0 aromatic heterocycles. The second-order valence-corrected chi connectivity index (χ2v) is 6.21. The number of hydrogen-bond donors (Lipinski definition) is 2. The van der Waals surface area contributed by atoms with E-state index in [9.17, 15) is 9.90 Å². The summed E-state index contributed by atoms with van der Waals surface area (Å²) < 4.78 is 0. The van der Waals surface area contributed by atoms with Crippen molar-refractivity contribution in [2.75, 3.05) is 6.54 Å². The van der Waals surface area contributed by atoms with Crippen molar-refractivity contribution in [2.24, 2.45) is 0 Å². The maximum absolute atomic E-state index is 11.8. The smallest absolute Gasteiger partial charge is 0.220 e. The van der Waals surface area contributed by atoms with Gasteiger partial charge in [-0.15, -0.1) is 0 Å². The molecule has 2 rings (SSSR count). The molecule has 0 aliphatic heterocycles. The van der Waals surface area contributed by atoms with Crippen molar-refractivity contribution in [3.05, 3.63) is 33.8 Å². The van der Waals surface area contributed by atoms with Crippen molar-refractivity contribution in [2.45, 2.75) is 44.1 Å². The average molecular weight is 316 g/mol. The van der Waals surface area contributed by atoms with Crippen LogP contribution in [0.2, 0.25) is 10.0 Å². The summed E-state index contributed by atoms with van der Waals surface area (Å²) in [5.74, 6) is -0.0682. The summed E-state index contributed by atoms with van der Waals surface area (Å²) in [7, 11) is 0. The highest BCUT2D eigenvalue weighted by atomic mass is 35.5. The SMILES string of the molecule is O=C(CCc1cccc(Cl)c1Cl)NCC1(O)CCCC1. The Bertz CT molecular complexity index is 485. The summed E-state index contributed by atoms with van der Waals surface area (Å²) in [4.78, 5) is 11.8. The molecular weight excluding hydrogens is 297 g/mol. The zero-order chi connectivity index (χ0) is 14.6. The predicted octanol–water partition coefficient (Wildman–Crippen LogP) is 3.35. The number of aliphatic hydroxyl groups is 1. The fourth-order valence-electron chi connectivity index (χ4n) is 2.55. The minimum atomic E-state index is -0.705. The van der Waals surface area contributed by atoms with Crippen molar-refractivity contribution < 1.29 is 9.90 Å². The van der Waals surface area contributed by atoms with Gasteiger partial charge in [-0.05, 0) is 30.9 Å². The Kier molecular flexibility index (Phi) is 5.30. The highest BCUT2D eigenvalue weighted by Gasteiger charge is 2.31. The lowest BCUT2D eigenvalue weighted by Gasteiger charge is -2.22. The second kappa shape index (κ2) is 6.79. The van der Waals surface area contributed by atoms with E-state index in [0.717, 1.165) is 31.2 Å². The summed E-state index contributed by atoms with van der Waals surface area (Å²) in [6, 6.07) is 5.41. The first-order valence-corrected chi connectivity index (χ1v) is 7.68. The molecule has 0 unspecified atom stereocenters. The molecule has 0 heterocycles. The standard InChI is InChI=1S/C15H19Cl2NO2/c16-12-5-3-4-11(14(12)17)6-7-13(19)18-10-15(20)8-1-2-9-15/h3-5,20H,1-2,6-10H2,(H,18,19). The minimum absolute atomic E-state index is 0.0682. The normalized spacial score (nSPS) is 17.1. The third kappa shape index (κ3) is 4.11. The molecule has 0 saturated heterocycles. The van der Waals surface area contributed by atoms with Crippen molar-refractivity contribution in [3.63, 3.8) is 0 Å². The fourth-order valence-corrected chi connectivity index (χ4v) is 2.97. The first kappa shape index (κ1) is 15.6. The molecule has 0 spiro atoms. The van der Waals surface area contributed by atoms with E-state index in [1.165, 1.54) is 0 Å². The summed E-state index contributed by atoms with van der Waals surface area (Å²) in [5, 5.41) is 14.0. The number of aryl methyl sites for hydroxylation is 1. The van der Waals surface area contributed by atoms with E-state index >= 15 is 0 Å². The molecule has 0 atom stereocenters. The molecule has 2 N–H and O–H groups in total. The monoisotopic (exact) mass is 315 g/mol. The van der Waals surface area contributed by atoms with Gasteiger partial charge in [-0.1, -0.05) is 48.2 Å². The number of amides is 1. The van der Waals surface area contributed by atoms with Crippen LogP contribution in [0.4, 0.5) is 0 Å². The Hall–Kier alpha value is -0.770. The average Bonchev–Trinajstić information content (AvgIpc) is 2.86. The molecule has 1 aliphatic carbocycles. The number of hydrogen-bond acceptors (Lipinski definition) is 2. The Labute approximate surface area is 129 Å². The Morgan fingerprint density at radius 3 is 2.70 bits per heavy atom. The molecule has 3 nitrogen and oxygen atoms in total. The molecule has 1 aliphatic rings. The van der Waals surface area contributed by atoms with E-state index in [1.807, 2.05) is 12.1 Å². The molecule has 0 bridgehead atoms. The molecule has 0 radical (unpaired) electrons. The van der Waals surface area contributed by atoms with E-state index in [1.54, 1.807) is 6.07 Å².